The Kier molecular flexibility index (Phi) is 9.31. The van der Waals surface area contributed by atoms with E-state index in [1.807, 2.05) is 0 Å². The zero-order chi connectivity index (χ0) is 33.0. The maximum Gasteiger partial charge on any atom is 0.405 e. The van der Waals surface area contributed by atoms with Crippen molar-refractivity contribution in [3.63, 3.8) is 0 Å². The Bertz CT molecular complexity index is 1970. The van der Waals surface area contributed by atoms with Crippen LogP contribution in [0.5, 0.6) is 5.75 Å². The van der Waals surface area contributed by atoms with Gasteiger partial charge < -0.3 is 25.7 Å². The largest absolute Gasteiger partial charge is 0.507 e. The van der Waals surface area contributed by atoms with Gasteiger partial charge in [0.1, 0.15) is 23.5 Å². The molecule has 3 amide bonds. The Morgan fingerprint density at radius 2 is 1.76 bits per heavy atom. The van der Waals surface area contributed by atoms with Crippen molar-refractivity contribution < 1.29 is 33.0 Å². The summed E-state index contributed by atoms with van der Waals surface area (Å²) in [5.41, 5.74) is 2.70. The molecule has 2 heterocycles. The second-order valence-corrected chi connectivity index (χ2v) is 13.2. The minimum Gasteiger partial charge on any atom is -0.507 e. The fraction of sp³-hybridized carbons (Fsp3) is 0.188. The molecule has 3 aromatic carbocycles. The molecule has 1 saturated heterocycles. The summed E-state index contributed by atoms with van der Waals surface area (Å²) in [6, 6.07) is 16.5. The number of carboxylic acid groups (broad SMARTS) is 1. The van der Waals surface area contributed by atoms with Gasteiger partial charge in [0.2, 0.25) is 5.91 Å². The van der Waals surface area contributed by atoms with Gasteiger partial charge in [0.15, 0.2) is 9.84 Å². The number of nitrogens with one attached hydrogen (secondary N) is 2. The van der Waals surface area contributed by atoms with E-state index in [1.54, 1.807) is 84.7 Å². The third kappa shape index (κ3) is 7.48. The van der Waals surface area contributed by atoms with E-state index in [1.165, 1.54) is 6.07 Å². The Labute approximate surface area is 269 Å². The topological polar surface area (TPSA) is 171 Å². The first-order chi connectivity index (χ1) is 21.9. The van der Waals surface area contributed by atoms with Crippen molar-refractivity contribution in [3.05, 3.63) is 101 Å². The third-order valence-corrected chi connectivity index (χ3v) is 9.06. The van der Waals surface area contributed by atoms with E-state index in [0.29, 0.717) is 38.7 Å². The minimum absolute atomic E-state index is 0.00557. The van der Waals surface area contributed by atoms with Crippen molar-refractivity contribution in [1.29, 1.82) is 0 Å². The summed E-state index contributed by atoms with van der Waals surface area (Å²) in [6.07, 6.45) is 0.259. The molecule has 1 unspecified atom stereocenters. The maximum absolute atomic E-state index is 13.6. The van der Waals surface area contributed by atoms with Gasteiger partial charge in [-0.15, -0.1) is 0 Å². The summed E-state index contributed by atoms with van der Waals surface area (Å²) >= 11 is 6.11. The zero-order valence-electron chi connectivity index (χ0n) is 24.3. The van der Waals surface area contributed by atoms with Crippen molar-refractivity contribution >= 4 is 45.0 Å². The highest BCUT2D eigenvalue weighted by atomic mass is 35.5. The predicted octanol–water partition coefficient (Wildman–Crippen LogP) is 3.42. The number of aromatic hydroxyl groups is 1. The fourth-order valence-electron chi connectivity index (χ4n) is 4.99. The summed E-state index contributed by atoms with van der Waals surface area (Å²) in [7, 11) is -1.93. The number of halogens is 1. The number of aryl methyl sites for hydroxylation is 1. The van der Waals surface area contributed by atoms with Crippen LogP contribution in [0.1, 0.15) is 22.7 Å². The molecule has 0 bridgehead atoms. The first-order valence-electron chi connectivity index (χ1n) is 13.9. The number of amides is 3. The molecule has 4 N–H and O–H groups in total. The van der Waals surface area contributed by atoms with Crippen LogP contribution in [0.4, 0.5) is 10.5 Å². The van der Waals surface area contributed by atoms with Crippen molar-refractivity contribution in [2.75, 3.05) is 23.4 Å². The number of anilines is 1. The third-order valence-electron chi connectivity index (χ3n) is 7.20. The molecule has 2 atom stereocenters. The van der Waals surface area contributed by atoms with Crippen LogP contribution in [0.15, 0.2) is 79.0 Å². The minimum atomic E-state index is -3.66. The van der Waals surface area contributed by atoms with E-state index in [0.717, 1.165) is 4.90 Å². The fourth-order valence-corrected chi connectivity index (χ4v) is 6.62. The summed E-state index contributed by atoms with van der Waals surface area (Å²) < 4.78 is 26.6. The molecular weight excluding hydrogens is 634 g/mol. The number of phenolic OH excluding ortho intramolecular Hbond substituents is 1. The number of sulfone groups is 1. The molecule has 1 aliphatic rings. The van der Waals surface area contributed by atoms with Gasteiger partial charge >= 0.3 is 6.09 Å². The van der Waals surface area contributed by atoms with Crippen LogP contribution < -0.4 is 10.6 Å². The van der Waals surface area contributed by atoms with Gasteiger partial charge in [0, 0.05) is 41.6 Å². The lowest BCUT2D eigenvalue weighted by Crippen LogP contribution is -2.58. The van der Waals surface area contributed by atoms with Crippen molar-refractivity contribution in [2.45, 2.75) is 12.1 Å². The van der Waals surface area contributed by atoms with Crippen LogP contribution in [0.25, 0.3) is 11.3 Å². The van der Waals surface area contributed by atoms with Gasteiger partial charge in [-0.2, -0.15) is 5.10 Å². The van der Waals surface area contributed by atoms with Gasteiger partial charge in [0.05, 0.1) is 17.1 Å². The average Bonchev–Trinajstić information content (AvgIpc) is 3.40. The SMILES string of the molecule is Cn1cc(C#Cc2ccc(NC(=O)[C@@H]3CS(=O)(=O)CCN3C(=O)C(NC(=O)O)c3ccccc3)cc2)c(-c2cc(Cl)ccc2O)n1. The molecule has 1 fully saturated rings. The predicted molar refractivity (Wildman–Crippen MR) is 171 cm³/mol. The van der Waals surface area contributed by atoms with Gasteiger partial charge in [-0.05, 0) is 48.0 Å². The van der Waals surface area contributed by atoms with Crippen LogP contribution in [0, 0.1) is 11.8 Å². The number of carbonyl (C=O) groups is 3. The van der Waals surface area contributed by atoms with E-state index in [-0.39, 0.29) is 18.0 Å². The van der Waals surface area contributed by atoms with E-state index >= 15 is 0 Å². The highest BCUT2D eigenvalue weighted by Crippen LogP contribution is 2.32. The monoisotopic (exact) mass is 661 g/mol. The molecule has 0 aliphatic carbocycles. The number of hydrogen-bond acceptors (Lipinski definition) is 7. The average molecular weight is 662 g/mol. The Hall–Kier alpha value is -5.32. The standard InChI is InChI=1S/C32H28ClN5O7S/c1-37-18-22(28(36-37)25-17-23(33)11-14-27(25)39)10-7-20-8-12-24(13-9-20)34-30(40)26-19-46(44,45)16-15-38(26)31(41)29(35-32(42)43)21-5-3-2-4-6-21/h2-6,8-9,11-14,17-18,26,29,35,39H,15-16,19H2,1H3,(H,34,40)(H,42,43)/t26-,29?/m0/s1. The van der Waals surface area contributed by atoms with Gasteiger partial charge in [0.25, 0.3) is 5.91 Å². The molecule has 14 heteroatoms. The highest BCUT2D eigenvalue weighted by molar-refractivity contribution is 7.91. The molecule has 1 aliphatic heterocycles. The first-order valence-corrected chi connectivity index (χ1v) is 16.1. The molecule has 0 saturated carbocycles. The van der Waals surface area contributed by atoms with Crippen LogP contribution >= 0.6 is 11.6 Å². The van der Waals surface area contributed by atoms with Gasteiger partial charge in [-0.3, -0.25) is 14.3 Å². The lowest BCUT2D eigenvalue weighted by atomic mass is 10.0. The van der Waals surface area contributed by atoms with Crippen LogP contribution in [-0.2, 0) is 26.5 Å². The molecule has 46 heavy (non-hydrogen) atoms. The maximum atomic E-state index is 13.6. The quantitative estimate of drug-likeness (QED) is 0.228. The van der Waals surface area contributed by atoms with Crippen molar-refractivity contribution in [2.24, 2.45) is 7.05 Å². The van der Waals surface area contributed by atoms with E-state index in [9.17, 15) is 33.0 Å². The second-order valence-electron chi connectivity index (χ2n) is 10.5. The normalized spacial score (nSPS) is 16.0. The number of aromatic nitrogens is 2. The Morgan fingerprint density at radius 3 is 2.46 bits per heavy atom. The van der Waals surface area contributed by atoms with Crippen LogP contribution in [-0.4, -0.2) is 75.3 Å². The lowest BCUT2D eigenvalue weighted by molar-refractivity contribution is -0.139. The van der Waals surface area contributed by atoms with E-state index in [2.05, 4.69) is 27.6 Å². The lowest BCUT2D eigenvalue weighted by Gasteiger charge is -2.36. The summed E-state index contributed by atoms with van der Waals surface area (Å²) in [6.45, 7) is -0.276. The molecule has 236 valence electrons. The van der Waals surface area contributed by atoms with Crippen molar-refractivity contribution in [3.8, 4) is 28.8 Å². The molecule has 4 aromatic rings. The smallest absolute Gasteiger partial charge is 0.405 e. The van der Waals surface area contributed by atoms with Crippen LogP contribution in [0.2, 0.25) is 5.02 Å². The van der Waals surface area contributed by atoms with Gasteiger partial charge in [-0.25, -0.2) is 13.2 Å². The number of phenols is 1. The van der Waals surface area contributed by atoms with Gasteiger partial charge in [-0.1, -0.05) is 53.8 Å². The summed E-state index contributed by atoms with van der Waals surface area (Å²) in [5, 5.41) is 29.4. The molecule has 12 nitrogen and oxygen atoms in total. The molecule has 5 rings (SSSR count). The van der Waals surface area contributed by atoms with E-state index in [4.69, 9.17) is 11.6 Å². The van der Waals surface area contributed by atoms with Crippen LogP contribution in [0.3, 0.4) is 0 Å². The zero-order valence-corrected chi connectivity index (χ0v) is 25.9. The number of carbonyl (C=O) groups excluding carboxylic acids is 2. The number of hydrogen-bond donors (Lipinski definition) is 4. The Balaban J connectivity index is 1.34. The molecule has 0 radical (unpaired) electrons. The number of benzene rings is 3. The van der Waals surface area contributed by atoms with Crippen molar-refractivity contribution in [1.82, 2.24) is 20.0 Å². The second kappa shape index (κ2) is 13.4. The molecular formula is C32H28ClN5O7S. The molecule has 0 spiro atoms. The highest BCUT2D eigenvalue weighted by Gasteiger charge is 2.41. The Morgan fingerprint density at radius 1 is 1.04 bits per heavy atom. The number of rotatable bonds is 6. The summed E-state index contributed by atoms with van der Waals surface area (Å²) in [4.78, 5) is 39.6. The molecule has 1 aromatic heterocycles. The van der Waals surface area contributed by atoms with E-state index < -0.39 is 45.6 Å². The number of nitrogens with zero attached hydrogens (tertiary/aromatic N) is 3. The first kappa shape index (κ1) is 32.1. The summed E-state index contributed by atoms with van der Waals surface area (Å²) in [5.74, 6) is 3.61.